The molecule has 0 bridgehead atoms. The molecule has 10 heteroatoms. The molecule has 1 aliphatic rings. The second kappa shape index (κ2) is 8.58. The van der Waals surface area contributed by atoms with Crippen molar-refractivity contribution in [3.05, 3.63) is 47.5 Å². The van der Waals surface area contributed by atoms with E-state index in [1.165, 1.54) is 25.6 Å². The number of hydrogen-bond acceptors (Lipinski definition) is 7. The number of benzene rings is 1. The molecule has 1 aromatic heterocycles. The van der Waals surface area contributed by atoms with E-state index in [1.807, 2.05) is 0 Å². The molecule has 1 aliphatic heterocycles. The van der Waals surface area contributed by atoms with Crippen LogP contribution in [0, 0.1) is 11.6 Å². The van der Waals surface area contributed by atoms with Gasteiger partial charge in [0.25, 0.3) is 5.91 Å². The SMILES string of the molecule is COc1c([C@H]2CC(C)(C)O[C@@H]2C(=O)Nc2cnc([C@@H](O)CO)nc2)ccc(F)c1F. The van der Waals surface area contributed by atoms with Gasteiger partial charge < -0.3 is 25.0 Å². The molecule has 0 aliphatic carbocycles. The number of anilines is 1. The summed E-state index contributed by atoms with van der Waals surface area (Å²) < 4.78 is 38.8. The summed E-state index contributed by atoms with van der Waals surface area (Å²) in [6, 6.07) is 2.38. The van der Waals surface area contributed by atoms with Gasteiger partial charge in [0.05, 0.1) is 37.4 Å². The van der Waals surface area contributed by atoms with E-state index in [0.717, 1.165) is 6.07 Å². The molecule has 3 rings (SSSR count). The van der Waals surface area contributed by atoms with Crippen molar-refractivity contribution in [2.45, 2.75) is 44.0 Å². The average Bonchev–Trinajstić information content (AvgIpc) is 3.05. The fourth-order valence-corrected chi connectivity index (χ4v) is 3.54. The molecule has 162 valence electrons. The summed E-state index contributed by atoms with van der Waals surface area (Å²) in [6.45, 7) is 3.07. The molecule has 0 saturated carbocycles. The van der Waals surface area contributed by atoms with Gasteiger partial charge in [-0.3, -0.25) is 4.79 Å². The number of methoxy groups -OCH3 is 1. The van der Waals surface area contributed by atoms with Crippen molar-refractivity contribution in [3.8, 4) is 5.75 Å². The van der Waals surface area contributed by atoms with Crippen LogP contribution in [0.25, 0.3) is 0 Å². The maximum absolute atomic E-state index is 14.2. The number of ether oxygens (including phenoxy) is 2. The van der Waals surface area contributed by atoms with Gasteiger partial charge in [0, 0.05) is 11.5 Å². The van der Waals surface area contributed by atoms with Crippen LogP contribution in [0.3, 0.4) is 0 Å². The molecule has 2 heterocycles. The highest BCUT2D eigenvalue weighted by molar-refractivity contribution is 5.95. The number of carbonyl (C=O) groups excluding carboxylic acids is 1. The van der Waals surface area contributed by atoms with E-state index in [-0.39, 0.29) is 17.3 Å². The quantitative estimate of drug-likeness (QED) is 0.652. The normalized spacial score (nSPS) is 21.3. The predicted molar refractivity (Wildman–Crippen MR) is 102 cm³/mol. The van der Waals surface area contributed by atoms with Crippen LogP contribution >= 0.6 is 0 Å². The van der Waals surface area contributed by atoms with Crippen molar-refractivity contribution < 1.29 is 33.3 Å². The summed E-state index contributed by atoms with van der Waals surface area (Å²) in [7, 11) is 1.23. The zero-order valence-corrected chi connectivity index (χ0v) is 16.7. The third kappa shape index (κ3) is 4.40. The minimum absolute atomic E-state index is 0.0122. The van der Waals surface area contributed by atoms with Gasteiger partial charge in [0.2, 0.25) is 5.82 Å². The van der Waals surface area contributed by atoms with Crippen LogP contribution in [-0.4, -0.2) is 51.5 Å². The van der Waals surface area contributed by atoms with E-state index in [1.54, 1.807) is 13.8 Å². The standard InChI is InChI=1S/C20H23F2N3O5/c1-20(2)6-12(11-4-5-13(21)15(22)16(11)29-3)17(30-20)19(28)25-10-7-23-18(24-8-10)14(27)9-26/h4-5,7-8,12,14,17,26-27H,6,9H2,1-3H3,(H,25,28)/t12-,14+,17+/m1/s1. The molecule has 0 spiro atoms. The Labute approximate surface area is 171 Å². The maximum atomic E-state index is 14.2. The predicted octanol–water partition coefficient (Wildman–Crippen LogP) is 2.08. The monoisotopic (exact) mass is 423 g/mol. The van der Waals surface area contributed by atoms with Gasteiger partial charge in [-0.15, -0.1) is 0 Å². The Morgan fingerprint density at radius 3 is 2.63 bits per heavy atom. The Balaban J connectivity index is 1.86. The molecule has 3 atom stereocenters. The number of rotatable bonds is 6. The highest BCUT2D eigenvalue weighted by Crippen LogP contribution is 2.45. The van der Waals surface area contributed by atoms with Crippen molar-refractivity contribution in [1.29, 1.82) is 0 Å². The van der Waals surface area contributed by atoms with Crippen molar-refractivity contribution >= 4 is 11.6 Å². The number of aliphatic hydroxyl groups excluding tert-OH is 2. The summed E-state index contributed by atoms with van der Waals surface area (Å²) in [5.74, 6) is -3.51. The van der Waals surface area contributed by atoms with E-state index >= 15 is 0 Å². The maximum Gasteiger partial charge on any atom is 0.254 e. The van der Waals surface area contributed by atoms with Crippen molar-refractivity contribution in [2.24, 2.45) is 0 Å². The van der Waals surface area contributed by atoms with Gasteiger partial charge in [0.15, 0.2) is 17.4 Å². The van der Waals surface area contributed by atoms with Crippen LogP contribution in [0.4, 0.5) is 14.5 Å². The van der Waals surface area contributed by atoms with Gasteiger partial charge >= 0.3 is 0 Å². The van der Waals surface area contributed by atoms with Crippen molar-refractivity contribution in [2.75, 3.05) is 19.0 Å². The molecule has 1 fully saturated rings. The van der Waals surface area contributed by atoms with Gasteiger partial charge in [-0.1, -0.05) is 6.07 Å². The second-order valence-electron chi connectivity index (χ2n) is 7.61. The lowest BCUT2D eigenvalue weighted by atomic mass is 9.86. The Kier molecular flexibility index (Phi) is 6.30. The third-order valence-electron chi connectivity index (χ3n) is 4.88. The second-order valence-corrected chi connectivity index (χ2v) is 7.61. The number of hydrogen-bond donors (Lipinski definition) is 3. The minimum atomic E-state index is -1.22. The van der Waals surface area contributed by atoms with Crippen molar-refractivity contribution in [1.82, 2.24) is 9.97 Å². The first-order valence-corrected chi connectivity index (χ1v) is 9.28. The summed E-state index contributed by atoms with van der Waals surface area (Å²) >= 11 is 0. The lowest BCUT2D eigenvalue weighted by molar-refractivity contribution is -0.130. The summed E-state index contributed by atoms with van der Waals surface area (Å²) in [4.78, 5) is 20.7. The Bertz CT molecular complexity index is 923. The highest BCUT2D eigenvalue weighted by Gasteiger charge is 2.46. The Morgan fingerprint density at radius 2 is 2.03 bits per heavy atom. The lowest BCUT2D eigenvalue weighted by Crippen LogP contribution is -2.33. The first kappa shape index (κ1) is 22.0. The van der Waals surface area contributed by atoms with E-state index in [9.17, 15) is 18.7 Å². The average molecular weight is 423 g/mol. The van der Waals surface area contributed by atoms with E-state index < -0.39 is 47.9 Å². The molecule has 3 N–H and O–H groups in total. The first-order valence-electron chi connectivity index (χ1n) is 9.28. The smallest absolute Gasteiger partial charge is 0.254 e. The van der Waals surface area contributed by atoms with E-state index in [0.29, 0.717) is 12.0 Å². The number of halogens is 2. The van der Waals surface area contributed by atoms with Gasteiger partial charge in [-0.2, -0.15) is 4.39 Å². The summed E-state index contributed by atoms with van der Waals surface area (Å²) in [5, 5.41) is 21.1. The molecule has 8 nitrogen and oxygen atoms in total. The third-order valence-corrected chi connectivity index (χ3v) is 4.88. The van der Waals surface area contributed by atoms with Crippen LogP contribution < -0.4 is 10.1 Å². The van der Waals surface area contributed by atoms with Gasteiger partial charge in [-0.25, -0.2) is 14.4 Å². The number of nitrogens with zero attached hydrogens (tertiary/aromatic N) is 2. The van der Waals surface area contributed by atoms with Crippen LogP contribution in [0.15, 0.2) is 24.5 Å². The molecular formula is C20H23F2N3O5. The molecule has 0 radical (unpaired) electrons. The van der Waals surface area contributed by atoms with E-state index in [4.69, 9.17) is 14.6 Å². The Morgan fingerprint density at radius 1 is 1.37 bits per heavy atom. The fraction of sp³-hybridized carbons (Fsp3) is 0.450. The molecule has 1 amide bonds. The summed E-state index contributed by atoms with van der Waals surface area (Å²) in [6.07, 6.45) is 0.726. The molecule has 1 saturated heterocycles. The number of carbonyl (C=O) groups is 1. The number of aromatic nitrogens is 2. The number of amides is 1. The molecule has 0 unspecified atom stereocenters. The summed E-state index contributed by atoms with van der Waals surface area (Å²) in [5.41, 5.74) is -0.105. The highest BCUT2D eigenvalue weighted by atomic mass is 19.2. The molecule has 2 aromatic rings. The zero-order chi connectivity index (χ0) is 22.1. The van der Waals surface area contributed by atoms with Gasteiger partial charge in [-0.05, 0) is 26.3 Å². The van der Waals surface area contributed by atoms with Crippen molar-refractivity contribution in [3.63, 3.8) is 0 Å². The largest absolute Gasteiger partial charge is 0.493 e. The number of aliphatic hydroxyl groups is 2. The van der Waals surface area contributed by atoms with Crippen LogP contribution in [0.2, 0.25) is 0 Å². The minimum Gasteiger partial charge on any atom is -0.493 e. The fourth-order valence-electron chi connectivity index (χ4n) is 3.54. The first-order chi connectivity index (χ1) is 14.2. The topological polar surface area (TPSA) is 114 Å². The molecule has 30 heavy (non-hydrogen) atoms. The van der Waals surface area contributed by atoms with Crippen LogP contribution in [-0.2, 0) is 9.53 Å². The van der Waals surface area contributed by atoms with Gasteiger partial charge in [0.1, 0.15) is 12.2 Å². The molecule has 1 aromatic carbocycles. The van der Waals surface area contributed by atoms with Crippen LogP contribution in [0.1, 0.15) is 43.7 Å². The van der Waals surface area contributed by atoms with E-state index in [2.05, 4.69) is 15.3 Å². The number of nitrogens with one attached hydrogen (secondary N) is 1. The lowest BCUT2D eigenvalue weighted by Gasteiger charge is -2.21. The van der Waals surface area contributed by atoms with Crippen LogP contribution in [0.5, 0.6) is 5.75 Å². The zero-order valence-electron chi connectivity index (χ0n) is 16.7. The Hall–Kier alpha value is -2.69. The molecular weight excluding hydrogens is 400 g/mol.